The summed E-state index contributed by atoms with van der Waals surface area (Å²) in [6.07, 6.45) is 5.66. The lowest BCUT2D eigenvalue weighted by molar-refractivity contribution is 1.13. The van der Waals surface area contributed by atoms with E-state index in [-0.39, 0.29) is 0 Å². The van der Waals surface area contributed by atoms with Gasteiger partial charge in [0.2, 0.25) is 0 Å². The molecule has 3 heteroatoms. The second-order valence-corrected chi connectivity index (χ2v) is 6.92. The minimum Gasteiger partial charge on any atom is -0.264 e. The van der Waals surface area contributed by atoms with Gasteiger partial charge in [-0.2, -0.15) is 0 Å². The van der Waals surface area contributed by atoms with Gasteiger partial charge in [-0.3, -0.25) is 4.98 Å². The molecular formula is C23H18N2S. The van der Waals surface area contributed by atoms with Crippen LogP contribution in [0.15, 0.2) is 102 Å². The predicted molar refractivity (Wildman–Crippen MR) is 109 cm³/mol. The van der Waals surface area contributed by atoms with Crippen molar-refractivity contribution in [3.05, 3.63) is 103 Å². The van der Waals surface area contributed by atoms with Gasteiger partial charge in [-0.05, 0) is 23.3 Å². The SMILES string of the molecule is c1ccc(CSc2ncc(-c3ccccc3)cc2-c2cccnc2)cc1. The molecule has 0 N–H and O–H groups in total. The van der Waals surface area contributed by atoms with Gasteiger partial charge in [0.25, 0.3) is 0 Å². The van der Waals surface area contributed by atoms with Crippen molar-refractivity contribution in [2.24, 2.45) is 0 Å². The molecule has 2 heterocycles. The Morgan fingerprint density at radius 2 is 1.42 bits per heavy atom. The average Bonchev–Trinajstić information content (AvgIpc) is 2.74. The summed E-state index contributed by atoms with van der Waals surface area (Å²) >= 11 is 1.76. The van der Waals surface area contributed by atoms with E-state index in [0.717, 1.165) is 27.5 Å². The first-order valence-corrected chi connectivity index (χ1v) is 9.51. The lowest BCUT2D eigenvalue weighted by Crippen LogP contribution is -1.91. The number of benzene rings is 2. The molecule has 0 fully saturated rings. The Bertz CT molecular complexity index is 971. The van der Waals surface area contributed by atoms with E-state index < -0.39 is 0 Å². The van der Waals surface area contributed by atoms with Crippen LogP contribution in [0.3, 0.4) is 0 Å². The van der Waals surface area contributed by atoms with Gasteiger partial charge < -0.3 is 0 Å². The van der Waals surface area contributed by atoms with Gasteiger partial charge in [0.05, 0.1) is 0 Å². The Hall–Kier alpha value is -2.91. The van der Waals surface area contributed by atoms with Crippen LogP contribution in [0.2, 0.25) is 0 Å². The van der Waals surface area contributed by atoms with E-state index in [1.165, 1.54) is 11.1 Å². The Balaban J connectivity index is 1.71. The van der Waals surface area contributed by atoms with Crippen LogP contribution < -0.4 is 0 Å². The van der Waals surface area contributed by atoms with E-state index in [2.05, 4.69) is 65.6 Å². The van der Waals surface area contributed by atoms with Crippen molar-refractivity contribution >= 4 is 11.8 Å². The van der Waals surface area contributed by atoms with Crippen molar-refractivity contribution < 1.29 is 0 Å². The Kier molecular flexibility index (Phi) is 5.08. The van der Waals surface area contributed by atoms with Crippen molar-refractivity contribution in [3.63, 3.8) is 0 Å². The van der Waals surface area contributed by atoms with Crippen molar-refractivity contribution in [2.45, 2.75) is 10.8 Å². The quantitative estimate of drug-likeness (QED) is 0.405. The van der Waals surface area contributed by atoms with Gasteiger partial charge in [0, 0.05) is 41.0 Å². The summed E-state index contributed by atoms with van der Waals surface area (Å²) in [4.78, 5) is 9.07. The molecule has 2 aromatic heterocycles. The van der Waals surface area contributed by atoms with Gasteiger partial charge in [-0.15, -0.1) is 11.8 Å². The molecule has 4 rings (SSSR count). The molecule has 0 aliphatic rings. The van der Waals surface area contributed by atoms with E-state index in [1.807, 2.05) is 30.6 Å². The maximum absolute atomic E-state index is 4.78. The molecule has 0 amide bonds. The highest BCUT2D eigenvalue weighted by Gasteiger charge is 2.10. The first-order valence-electron chi connectivity index (χ1n) is 8.53. The summed E-state index contributed by atoms with van der Waals surface area (Å²) in [5, 5.41) is 1.03. The van der Waals surface area contributed by atoms with Crippen LogP contribution in [0.25, 0.3) is 22.3 Å². The molecule has 0 unspecified atom stereocenters. The zero-order chi connectivity index (χ0) is 17.6. The highest BCUT2D eigenvalue weighted by molar-refractivity contribution is 7.98. The molecule has 4 aromatic rings. The maximum atomic E-state index is 4.78. The third-order valence-corrected chi connectivity index (χ3v) is 5.23. The highest BCUT2D eigenvalue weighted by atomic mass is 32.2. The maximum Gasteiger partial charge on any atom is 0.104 e. The van der Waals surface area contributed by atoms with Crippen molar-refractivity contribution in [1.82, 2.24) is 9.97 Å². The minimum absolute atomic E-state index is 0.895. The van der Waals surface area contributed by atoms with Crippen LogP contribution in [0.4, 0.5) is 0 Å². The number of rotatable bonds is 5. The van der Waals surface area contributed by atoms with Crippen LogP contribution in [-0.4, -0.2) is 9.97 Å². The molecule has 2 nitrogen and oxygen atoms in total. The molecule has 2 aromatic carbocycles. The van der Waals surface area contributed by atoms with Crippen LogP contribution in [0.1, 0.15) is 5.56 Å². The monoisotopic (exact) mass is 354 g/mol. The van der Waals surface area contributed by atoms with E-state index in [4.69, 9.17) is 4.98 Å². The smallest absolute Gasteiger partial charge is 0.104 e. The highest BCUT2D eigenvalue weighted by Crippen LogP contribution is 2.34. The van der Waals surface area contributed by atoms with Crippen LogP contribution in [-0.2, 0) is 5.75 Å². The third kappa shape index (κ3) is 3.84. The summed E-state index contributed by atoms with van der Waals surface area (Å²) < 4.78 is 0. The molecule has 26 heavy (non-hydrogen) atoms. The normalized spacial score (nSPS) is 10.6. The van der Waals surface area contributed by atoms with E-state index >= 15 is 0 Å². The molecule has 0 saturated carbocycles. The van der Waals surface area contributed by atoms with Crippen molar-refractivity contribution in [3.8, 4) is 22.3 Å². The van der Waals surface area contributed by atoms with Crippen molar-refractivity contribution in [1.29, 1.82) is 0 Å². The summed E-state index contributed by atoms with van der Waals surface area (Å²) in [5.41, 5.74) is 5.80. The van der Waals surface area contributed by atoms with Gasteiger partial charge >= 0.3 is 0 Å². The fourth-order valence-corrected chi connectivity index (χ4v) is 3.77. The number of nitrogens with zero attached hydrogens (tertiary/aromatic N) is 2. The summed E-state index contributed by atoms with van der Waals surface area (Å²) in [6, 6.07) is 27.1. The topological polar surface area (TPSA) is 25.8 Å². The molecule has 0 aliphatic carbocycles. The second-order valence-electron chi connectivity index (χ2n) is 5.96. The summed E-state index contributed by atoms with van der Waals surface area (Å²) in [5.74, 6) is 0.895. The fraction of sp³-hybridized carbons (Fsp3) is 0.0435. The molecule has 0 saturated heterocycles. The Morgan fingerprint density at radius 1 is 0.692 bits per heavy atom. The average molecular weight is 354 g/mol. The van der Waals surface area contributed by atoms with Crippen LogP contribution in [0.5, 0.6) is 0 Å². The number of hydrogen-bond donors (Lipinski definition) is 0. The van der Waals surface area contributed by atoms with Gasteiger partial charge in [0.15, 0.2) is 0 Å². The molecule has 0 spiro atoms. The number of hydrogen-bond acceptors (Lipinski definition) is 3. The lowest BCUT2D eigenvalue weighted by atomic mass is 10.0. The van der Waals surface area contributed by atoms with Gasteiger partial charge in [-0.1, -0.05) is 66.7 Å². The van der Waals surface area contributed by atoms with E-state index in [9.17, 15) is 0 Å². The van der Waals surface area contributed by atoms with Crippen molar-refractivity contribution in [2.75, 3.05) is 0 Å². The third-order valence-electron chi connectivity index (χ3n) is 4.15. The molecule has 0 bridgehead atoms. The molecular weight excluding hydrogens is 336 g/mol. The summed E-state index contributed by atoms with van der Waals surface area (Å²) in [6.45, 7) is 0. The molecule has 126 valence electrons. The van der Waals surface area contributed by atoms with Gasteiger partial charge in [0.1, 0.15) is 5.03 Å². The summed E-state index contributed by atoms with van der Waals surface area (Å²) in [7, 11) is 0. The largest absolute Gasteiger partial charge is 0.264 e. The second kappa shape index (κ2) is 7.98. The zero-order valence-corrected chi connectivity index (χ0v) is 15.1. The Labute approximate surface area is 158 Å². The predicted octanol–water partition coefficient (Wildman–Crippen LogP) is 6.10. The molecule has 0 radical (unpaired) electrons. The zero-order valence-electron chi connectivity index (χ0n) is 14.2. The van der Waals surface area contributed by atoms with Crippen LogP contribution in [0, 0.1) is 0 Å². The standard InChI is InChI=1S/C23H18N2S/c1-3-8-18(9-4-1)17-26-23-22(20-12-7-13-24-15-20)14-21(16-25-23)19-10-5-2-6-11-19/h1-16H,17H2. The molecule has 0 atom stereocenters. The Morgan fingerprint density at radius 3 is 2.15 bits per heavy atom. The first-order chi connectivity index (χ1) is 12.9. The molecule has 0 aliphatic heterocycles. The first kappa shape index (κ1) is 16.6. The van der Waals surface area contributed by atoms with E-state index in [1.54, 1.807) is 18.0 Å². The number of thioether (sulfide) groups is 1. The lowest BCUT2D eigenvalue weighted by Gasteiger charge is -2.11. The number of aromatic nitrogens is 2. The van der Waals surface area contributed by atoms with E-state index in [0.29, 0.717) is 0 Å². The number of pyridine rings is 2. The van der Waals surface area contributed by atoms with Gasteiger partial charge in [-0.25, -0.2) is 4.98 Å². The van der Waals surface area contributed by atoms with Crippen LogP contribution >= 0.6 is 11.8 Å². The fourth-order valence-electron chi connectivity index (χ4n) is 2.81. The minimum atomic E-state index is 0.895.